The number of aryl methyl sites for hydroxylation is 3. The molecule has 0 spiro atoms. The van der Waals surface area contributed by atoms with Crippen molar-refractivity contribution in [2.24, 2.45) is 5.92 Å². The van der Waals surface area contributed by atoms with Crippen molar-refractivity contribution in [2.75, 3.05) is 11.4 Å². The van der Waals surface area contributed by atoms with Gasteiger partial charge in [-0.2, -0.15) is 0 Å². The summed E-state index contributed by atoms with van der Waals surface area (Å²) < 4.78 is 0. The quantitative estimate of drug-likeness (QED) is 0.534. The summed E-state index contributed by atoms with van der Waals surface area (Å²) in [5.41, 5.74) is 6.45. The molecule has 3 aromatic rings. The highest BCUT2D eigenvalue weighted by Crippen LogP contribution is 2.36. The molecule has 1 aliphatic rings. The zero-order chi connectivity index (χ0) is 25.3. The number of carbonyl (C=O) groups excluding carboxylic acids is 2. The molecule has 2 N–H and O–H groups in total. The molecule has 1 aliphatic carbocycles. The largest absolute Gasteiger partial charge is 0.348 e. The lowest BCUT2D eigenvalue weighted by molar-refractivity contribution is -0.119. The van der Waals surface area contributed by atoms with Crippen molar-refractivity contribution >= 4 is 17.5 Å². The van der Waals surface area contributed by atoms with Gasteiger partial charge in [0.25, 0.3) is 11.5 Å². The first-order valence-electron chi connectivity index (χ1n) is 12.1. The van der Waals surface area contributed by atoms with Gasteiger partial charge in [0, 0.05) is 59.0 Å². The number of nitrogens with one attached hydrogen (secondary N) is 2. The normalized spacial score (nSPS) is 12.9. The van der Waals surface area contributed by atoms with Crippen molar-refractivity contribution in [1.82, 2.24) is 15.3 Å². The SMILES string of the molecule is CCN(C(=O)C1CC1)c1cc(-c2cccnc2C)cc(C(=O)NCc2c(C)cc(C)[nH]c2=O)c1C. The number of carbonyl (C=O) groups is 2. The maximum atomic E-state index is 13.4. The van der Waals surface area contributed by atoms with E-state index in [0.29, 0.717) is 17.7 Å². The van der Waals surface area contributed by atoms with Crippen LogP contribution in [0, 0.1) is 33.6 Å². The fourth-order valence-corrected chi connectivity index (χ4v) is 4.52. The van der Waals surface area contributed by atoms with Crippen molar-refractivity contribution in [3.8, 4) is 11.1 Å². The van der Waals surface area contributed by atoms with Crippen LogP contribution < -0.4 is 15.8 Å². The van der Waals surface area contributed by atoms with E-state index >= 15 is 0 Å². The zero-order valence-corrected chi connectivity index (χ0v) is 21.0. The van der Waals surface area contributed by atoms with E-state index in [1.165, 1.54) is 0 Å². The fourth-order valence-electron chi connectivity index (χ4n) is 4.52. The van der Waals surface area contributed by atoms with Crippen LogP contribution in [0.25, 0.3) is 11.1 Å². The number of aromatic amines is 1. The molecule has 0 aliphatic heterocycles. The molecule has 4 rings (SSSR count). The van der Waals surface area contributed by atoms with Crippen LogP contribution in [-0.4, -0.2) is 28.3 Å². The molecule has 2 aromatic heterocycles. The molecule has 182 valence electrons. The highest BCUT2D eigenvalue weighted by atomic mass is 16.2. The zero-order valence-electron chi connectivity index (χ0n) is 21.0. The van der Waals surface area contributed by atoms with Gasteiger partial charge in [0.15, 0.2) is 0 Å². The van der Waals surface area contributed by atoms with Gasteiger partial charge in [0.2, 0.25) is 5.91 Å². The summed E-state index contributed by atoms with van der Waals surface area (Å²) in [4.78, 5) is 47.9. The van der Waals surface area contributed by atoms with Gasteiger partial charge in [-0.3, -0.25) is 19.4 Å². The number of rotatable bonds is 7. The minimum absolute atomic E-state index is 0.0617. The van der Waals surface area contributed by atoms with Crippen LogP contribution >= 0.6 is 0 Å². The van der Waals surface area contributed by atoms with E-state index in [-0.39, 0.29) is 29.8 Å². The molecule has 35 heavy (non-hydrogen) atoms. The Balaban J connectivity index is 1.76. The Bertz CT molecular complexity index is 1350. The van der Waals surface area contributed by atoms with Gasteiger partial charge < -0.3 is 15.2 Å². The van der Waals surface area contributed by atoms with Gasteiger partial charge in [0.05, 0.1) is 0 Å². The number of anilines is 1. The van der Waals surface area contributed by atoms with Crippen molar-refractivity contribution in [3.05, 3.63) is 80.5 Å². The van der Waals surface area contributed by atoms with Crippen LogP contribution in [0.2, 0.25) is 0 Å². The van der Waals surface area contributed by atoms with Gasteiger partial charge in [-0.1, -0.05) is 6.07 Å². The third-order valence-electron chi connectivity index (χ3n) is 6.66. The van der Waals surface area contributed by atoms with Crippen molar-refractivity contribution in [3.63, 3.8) is 0 Å². The number of hydrogen-bond acceptors (Lipinski definition) is 4. The standard InChI is InChI=1S/C28H32N4O3/c1-6-32(28(35)20-9-10-20)25-14-21(22-8-7-11-29-19(22)5)13-23(18(25)4)26(33)30-15-24-16(2)12-17(3)31-27(24)34/h7-8,11-14,20H,6,9-10,15H2,1-5H3,(H,30,33)(H,31,34). The van der Waals surface area contributed by atoms with Gasteiger partial charge in [-0.05, 0) is 88.4 Å². The predicted molar refractivity (Wildman–Crippen MR) is 138 cm³/mol. The number of aromatic nitrogens is 2. The number of H-pyrrole nitrogens is 1. The lowest BCUT2D eigenvalue weighted by Gasteiger charge is -2.25. The molecule has 2 amide bonds. The summed E-state index contributed by atoms with van der Waals surface area (Å²) in [7, 11) is 0. The second-order valence-corrected chi connectivity index (χ2v) is 9.29. The van der Waals surface area contributed by atoms with Crippen LogP contribution in [0.1, 0.15) is 58.2 Å². The first-order valence-corrected chi connectivity index (χ1v) is 12.1. The smallest absolute Gasteiger partial charge is 0.253 e. The summed E-state index contributed by atoms with van der Waals surface area (Å²) in [6.07, 6.45) is 3.55. The Morgan fingerprint density at radius 3 is 2.51 bits per heavy atom. The van der Waals surface area contributed by atoms with Gasteiger partial charge in [0.1, 0.15) is 0 Å². The third-order valence-corrected chi connectivity index (χ3v) is 6.66. The number of pyridine rings is 2. The van der Waals surface area contributed by atoms with E-state index in [2.05, 4.69) is 15.3 Å². The van der Waals surface area contributed by atoms with Crippen molar-refractivity contribution in [2.45, 2.75) is 54.0 Å². The Hall–Kier alpha value is -3.74. The van der Waals surface area contributed by atoms with Crippen LogP contribution in [0.5, 0.6) is 0 Å². The Morgan fingerprint density at radius 2 is 1.89 bits per heavy atom. The monoisotopic (exact) mass is 472 g/mol. The number of nitrogens with zero attached hydrogens (tertiary/aromatic N) is 2. The number of hydrogen-bond donors (Lipinski definition) is 2. The third kappa shape index (κ3) is 5.04. The van der Waals surface area contributed by atoms with Gasteiger partial charge in [-0.15, -0.1) is 0 Å². The number of benzene rings is 1. The highest BCUT2D eigenvalue weighted by molar-refractivity contribution is 6.03. The molecule has 2 heterocycles. The van der Waals surface area contributed by atoms with E-state index in [0.717, 1.165) is 52.2 Å². The summed E-state index contributed by atoms with van der Waals surface area (Å²) >= 11 is 0. The first kappa shape index (κ1) is 24.4. The van der Waals surface area contributed by atoms with Crippen LogP contribution in [0.3, 0.4) is 0 Å². The fraction of sp³-hybridized carbons (Fsp3) is 0.357. The lowest BCUT2D eigenvalue weighted by Crippen LogP contribution is -2.33. The molecule has 1 aromatic carbocycles. The summed E-state index contributed by atoms with van der Waals surface area (Å²) in [6.45, 7) is 10.1. The molecule has 0 saturated heterocycles. The maximum Gasteiger partial charge on any atom is 0.253 e. The summed E-state index contributed by atoms with van der Waals surface area (Å²) in [6, 6.07) is 9.54. The van der Waals surface area contributed by atoms with E-state index in [9.17, 15) is 14.4 Å². The molecule has 1 fully saturated rings. The van der Waals surface area contributed by atoms with E-state index in [4.69, 9.17) is 0 Å². The maximum absolute atomic E-state index is 13.4. The lowest BCUT2D eigenvalue weighted by atomic mass is 9.95. The molecule has 7 nitrogen and oxygen atoms in total. The molecular formula is C28H32N4O3. The van der Waals surface area contributed by atoms with Gasteiger partial charge >= 0.3 is 0 Å². The second-order valence-electron chi connectivity index (χ2n) is 9.29. The Kier molecular flexibility index (Phi) is 6.87. The molecule has 7 heteroatoms. The summed E-state index contributed by atoms with van der Waals surface area (Å²) in [5, 5.41) is 2.92. The van der Waals surface area contributed by atoms with E-state index in [1.807, 2.05) is 65.0 Å². The first-order chi connectivity index (χ1) is 16.7. The topological polar surface area (TPSA) is 95.2 Å². The average molecular weight is 473 g/mol. The molecule has 1 saturated carbocycles. The molecule has 0 atom stereocenters. The Labute approximate surface area is 205 Å². The van der Waals surface area contributed by atoms with E-state index in [1.54, 1.807) is 11.1 Å². The number of amides is 2. The molecular weight excluding hydrogens is 440 g/mol. The van der Waals surface area contributed by atoms with Crippen LogP contribution in [0.4, 0.5) is 5.69 Å². The molecule has 0 bridgehead atoms. The minimum Gasteiger partial charge on any atom is -0.348 e. The van der Waals surface area contributed by atoms with Gasteiger partial charge in [-0.25, -0.2) is 0 Å². The van der Waals surface area contributed by atoms with E-state index < -0.39 is 0 Å². The van der Waals surface area contributed by atoms with Crippen LogP contribution in [-0.2, 0) is 11.3 Å². The van der Waals surface area contributed by atoms with Crippen LogP contribution in [0.15, 0.2) is 41.3 Å². The average Bonchev–Trinajstić information content (AvgIpc) is 3.65. The molecule has 0 unspecified atom stereocenters. The van der Waals surface area contributed by atoms with Crippen molar-refractivity contribution < 1.29 is 9.59 Å². The molecule has 0 radical (unpaired) electrons. The predicted octanol–water partition coefficient (Wildman–Crippen LogP) is 4.36. The van der Waals surface area contributed by atoms with Crippen molar-refractivity contribution in [1.29, 1.82) is 0 Å². The summed E-state index contributed by atoms with van der Waals surface area (Å²) in [5.74, 6) is -0.128. The minimum atomic E-state index is -0.290. The highest BCUT2D eigenvalue weighted by Gasteiger charge is 2.34. The second kappa shape index (κ2) is 9.86. The Morgan fingerprint density at radius 1 is 1.14 bits per heavy atom.